The van der Waals surface area contributed by atoms with Gasteiger partial charge in [0.25, 0.3) is 0 Å². The highest BCUT2D eigenvalue weighted by molar-refractivity contribution is 6.30. The first-order chi connectivity index (χ1) is 9.63. The molecule has 2 aromatic heterocycles. The Bertz CT molecular complexity index is 764. The molecule has 20 heavy (non-hydrogen) atoms. The van der Waals surface area contributed by atoms with Gasteiger partial charge in [0.2, 0.25) is 0 Å². The van der Waals surface area contributed by atoms with Gasteiger partial charge in [-0.3, -0.25) is 0 Å². The van der Waals surface area contributed by atoms with E-state index >= 15 is 0 Å². The zero-order valence-corrected chi connectivity index (χ0v) is 11.7. The predicted octanol–water partition coefficient (Wildman–Crippen LogP) is 3.48. The van der Waals surface area contributed by atoms with Crippen molar-refractivity contribution in [1.82, 2.24) is 14.8 Å². The van der Waals surface area contributed by atoms with Crippen molar-refractivity contribution in [1.29, 1.82) is 0 Å². The number of aryl methyl sites for hydroxylation is 1. The molecule has 0 aliphatic heterocycles. The maximum absolute atomic E-state index is 6.03. The summed E-state index contributed by atoms with van der Waals surface area (Å²) in [6.45, 7) is 2.00. The Labute approximate surface area is 121 Å². The largest absolute Gasteiger partial charge is 0.384 e. The van der Waals surface area contributed by atoms with Crippen LogP contribution in [-0.2, 0) is 0 Å². The average molecular weight is 285 g/mol. The quantitative estimate of drug-likeness (QED) is 0.784. The molecule has 0 amide bonds. The molecule has 0 unspecified atom stereocenters. The second-order valence-corrected chi connectivity index (χ2v) is 5.00. The minimum atomic E-state index is 0.540. The van der Waals surface area contributed by atoms with Gasteiger partial charge in [-0.15, -0.1) is 0 Å². The Morgan fingerprint density at radius 2 is 2.00 bits per heavy atom. The molecule has 0 aliphatic carbocycles. The molecule has 5 heteroatoms. The Balaban J connectivity index is 2.08. The molecule has 2 heterocycles. The van der Waals surface area contributed by atoms with Crippen LogP contribution in [0.4, 0.5) is 5.82 Å². The summed E-state index contributed by atoms with van der Waals surface area (Å²) >= 11 is 6.00. The summed E-state index contributed by atoms with van der Waals surface area (Å²) in [5.74, 6) is 1.24. The van der Waals surface area contributed by atoms with E-state index in [0.717, 1.165) is 16.8 Å². The van der Waals surface area contributed by atoms with Gasteiger partial charge in [-0.1, -0.05) is 23.7 Å². The fourth-order valence-corrected chi connectivity index (χ4v) is 2.19. The highest BCUT2D eigenvalue weighted by Crippen LogP contribution is 2.24. The van der Waals surface area contributed by atoms with Crippen molar-refractivity contribution in [3.8, 4) is 17.1 Å². The lowest BCUT2D eigenvalue weighted by atomic mass is 10.1. The Morgan fingerprint density at radius 3 is 2.75 bits per heavy atom. The van der Waals surface area contributed by atoms with E-state index in [1.807, 2.05) is 49.4 Å². The smallest absolute Gasteiger partial charge is 0.155 e. The van der Waals surface area contributed by atoms with Crippen LogP contribution in [0.25, 0.3) is 17.1 Å². The molecular formula is C15H13ClN4. The summed E-state index contributed by atoms with van der Waals surface area (Å²) in [5, 5.41) is 5.17. The van der Waals surface area contributed by atoms with Crippen molar-refractivity contribution in [3.63, 3.8) is 0 Å². The third-order valence-electron chi connectivity index (χ3n) is 2.98. The predicted molar refractivity (Wildman–Crippen MR) is 81.0 cm³/mol. The van der Waals surface area contributed by atoms with Crippen molar-refractivity contribution in [3.05, 3.63) is 59.2 Å². The van der Waals surface area contributed by atoms with Crippen molar-refractivity contribution in [2.24, 2.45) is 0 Å². The monoisotopic (exact) mass is 284 g/mol. The number of nitrogens with zero attached hydrogens (tertiary/aromatic N) is 3. The normalized spacial score (nSPS) is 10.7. The molecular weight excluding hydrogens is 272 g/mol. The number of anilines is 1. The number of halogens is 1. The summed E-state index contributed by atoms with van der Waals surface area (Å²) in [5.41, 5.74) is 8.83. The fourth-order valence-electron chi connectivity index (χ4n) is 2.00. The molecule has 100 valence electrons. The van der Waals surface area contributed by atoms with E-state index in [9.17, 15) is 0 Å². The number of aromatic nitrogens is 3. The average Bonchev–Trinajstić information content (AvgIpc) is 2.81. The van der Waals surface area contributed by atoms with E-state index < -0.39 is 0 Å². The summed E-state index contributed by atoms with van der Waals surface area (Å²) in [6.07, 6.45) is 1.74. The molecule has 0 bridgehead atoms. The number of hydrogen-bond acceptors (Lipinski definition) is 3. The van der Waals surface area contributed by atoms with Gasteiger partial charge in [0.05, 0.1) is 5.69 Å². The maximum atomic E-state index is 6.03. The molecule has 0 spiro atoms. The van der Waals surface area contributed by atoms with Gasteiger partial charge in [0.15, 0.2) is 5.82 Å². The van der Waals surface area contributed by atoms with Gasteiger partial charge in [-0.2, -0.15) is 9.78 Å². The van der Waals surface area contributed by atoms with Gasteiger partial charge in [0, 0.05) is 22.8 Å². The van der Waals surface area contributed by atoms with Crippen LogP contribution in [0.15, 0.2) is 48.7 Å². The topological polar surface area (TPSA) is 56.7 Å². The molecule has 2 N–H and O–H groups in total. The molecule has 4 nitrogen and oxygen atoms in total. The summed E-state index contributed by atoms with van der Waals surface area (Å²) in [6, 6.07) is 13.2. The molecule has 3 aromatic rings. The van der Waals surface area contributed by atoms with Crippen LogP contribution in [-0.4, -0.2) is 14.8 Å². The summed E-state index contributed by atoms with van der Waals surface area (Å²) < 4.78 is 1.63. The molecule has 3 rings (SSSR count). The molecule has 0 aliphatic rings. The third kappa shape index (κ3) is 2.38. The lowest BCUT2D eigenvalue weighted by Gasteiger charge is -2.03. The molecule has 1 aromatic carbocycles. The van der Waals surface area contributed by atoms with Gasteiger partial charge < -0.3 is 5.73 Å². The van der Waals surface area contributed by atoms with Crippen molar-refractivity contribution in [2.45, 2.75) is 6.92 Å². The van der Waals surface area contributed by atoms with Crippen molar-refractivity contribution >= 4 is 17.4 Å². The number of hydrogen-bond donors (Lipinski definition) is 1. The number of nitrogens with two attached hydrogens (primary N) is 1. The van der Waals surface area contributed by atoms with Crippen molar-refractivity contribution < 1.29 is 0 Å². The zero-order valence-electron chi connectivity index (χ0n) is 10.9. The highest BCUT2D eigenvalue weighted by Gasteiger charge is 2.10. The lowest BCUT2D eigenvalue weighted by molar-refractivity contribution is 0.858. The fraction of sp³-hybridized carbons (Fsp3) is 0.0667. The van der Waals surface area contributed by atoms with Gasteiger partial charge in [0.1, 0.15) is 5.82 Å². The number of benzene rings is 1. The Morgan fingerprint density at radius 1 is 1.15 bits per heavy atom. The van der Waals surface area contributed by atoms with E-state index in [1.54, 1.807) is 10.9 Å². The molecule has 0 saturated carbocycles. The standard InChI is InChI=1S/C15H13ClN4/c1-10-5-6-18-15(7-10)20-14(17)9-13(19-20)11-3-2-4-12(16)8-11/h2-9H,17H2,1H3. The van der Waals surface area contributed by atoms with Crippen LogP contribution in [0.2, 0.25) is 5.02 Å². The lowest BCUT2D eigenvalue weighted by Crippen LogP contribution is -2.03. The zero-order chi connectivity index (χ0) is 14.1. The Hall–Kier alpha value is -2.33. The van der Waals surface area contributed by atoms with E-state index in [1.165, 1.54) is 0 Å². The minimum absolute atomic E-state index is 0.540. The van der Waals surface area contributed by atoms with Crippen LogP contribution in [0, 0.1) is 6.92 Å². The number of nitrogen functional groups attached to an aromatic ring is 1. The molecule has 0 radical (unpaired) electrons. The minimum Gasteiger partial charge on any atom is -0.384 e. The molecule has 0 atom stereocenters. The van der Waals surface area contributed by atoms with E-state index in [4.69, 9.17) is 17.3 Å². The van der Waals surface area contributed by atoms with Gasteiger partial charge in [-0.05, 0) is 36.8 Å². The van der Waals surface area contributed by atoms with Gasteiger partial charge in [-0.25, -0.2) is 4.98 Å². The van der Waals surface area contributed by atoms with E-state index in [-0.39, 0.29) is 0 Å². The maximum Gasteiger partial charge on any atom is 0.155 e. The first-order valence-electron chi connectivity index (χ1n) is 6.18. The first kappa shape index (κ1) is 12.7. The van der Waals surface area contributed by atoms with Crippen LogP contribution in [0.1, 0.15) is 5.56 Å². The number of rotatable bonds is 2. The third-order valence-corrected chi connectivity index (χ3v) is 3.21. The molecule has 0 saturated heterocycles. The number of pyridine rings is 1. The van der Waals surface area contributed by atoms with Crippen LogP contribution < -0.4 is 5.73 Å². The highest BCUT2D eigenvalue weighted by atomic mass is 35.5. The van der Waals surface area contributed by atoms with Gasteiger partial charge >= 0.3 is 0 Å². The second kappa shape index (κ2) is 4.98. The SMILES string of the molecule is Cc1ccnc(-n2nc(-c3cccc(Cl)c3)cc2N)c1. The second-order valence-electron chi connectivity index (χ2n) is 4.57. The summed E-state index contributed by atoms with van der Waals surface area (Å²) in [4.78, 5) is 4.29. The van der Waals surface area contributed by atoms with E-state index in [0.29, 0.717) is 16.7 Å². The van der Waals surface area contributed by atoms with Crippen LogP contribution in [0.3, 0.4) is 0 Å². The first-order valence-corrected chi connectivity index (χ1v) is 6.56. The van der Waals surface area contributed by atoms with Crippen molar-refractivity contribution in [2.75, 3.05) is 5.73 Å². The molecule has 0 fully saturated rings. The van der Waals surface area contributed by atoms with Crippen LogP contribution >= 0.6 is 11.6 Å². The summed E-state index contributed by atoms with van der Waals surface area (Å²) in [7, 11) is 0. The van der Waals surface area contributed by atoms with Crippen LogP contribution in [0.5, 0.6) is 0 Å². The van der Waals surface area contributed by atoms with E-state index in [2.05, 4.69) is 10.1 Å². The Kier molecular flexibility index (Phi) is 3.16.